The second-order valence-electron chi connectivity index (χ2n) is 7.16. The maximum atomic E-state index is 14.5. The van der Waals surface area contributed by atoms with Crippen LogP contribution in [0.5, 0.6) is 0 Å². The number of nitrogens with one attached hydrogen (secondary N) is 2. The minimum atomic E-state index is -4.09. The van der Waals surface area contributed by atoms with E-state index in [0.717, 1.165) is 3.97 Å². The fourth-order valence-corrected chi connectivity index (χ4v) is 4.92. The van der Waals surface area contributed by atoms with E-state index in [9.17, 15) is 17.9 Å². The van der Waals surface area contributed by atoms with Crippen molar-refractivity contribution in [2.24, 2.45) is 0 Å². The van der Waals surface area contributed by atoms with Crippen molar-refractivity contribution in [1.29, 1.82) is 5.41 Å². The van der Waals surface area contributed by atoms with Gasteiger partial charge in [0.15, 0.2) is 0 Å². The average Bonchev–Trinajstić information content (AvgIpc) is 3.13. The van der Waals surface area contributed by atoms with Crippen molar-refractivity contribution < 1.29 is 17.9 Å². The fourth-order valence-electron chi connectivity index (χ4n) is 3.48. The summed E-state index contributed by atoms with van der Waals surface area (Å²) in [5, 5.41) is 20.8. The highest BCUT2D eigenvalue weighted by Crippen LogP contribution is 2.30. The average molecular weight is 442 g/mol. The van der Waals surface area contributed by atoms with Crippen LogP contribution in [0.2, 0.25) is 0 Å². The second-order valence-corrected chi connectivity index (χ2v) is 8.97. The van der Waals surface area contributed by atoms with Crippen LogP contribution in [0, 0.1) is 11.2 Å². The summed E-state index contributed by atoms with van der Waals surface area (Å²) in [4.78, 5) is -0.0332. The molecule has 0 aliphatic rings. The summed E-state index contributed by atoms with van der Waals surface area (Å²) in [6.07, 6.45) is 1.47. The van der Waals surface area contributed by atoms with E-state index in [1.54, 1.807) is 37.4 Å². The molecule has 0 saturated heterocycles. The van der Waals surface area contributed by atoms with E-state index < -0.39 is 15.8 Å². The molecule has 31 heavy (non-hydrogen) atoms. The van der Waals surface area contributed by atoms with Gasteiger partial charge >= 0.3 is 0 Å². The molecule has 8 heteroatoms. The topological polar surface area (TPSA) is 95.2 Å². The zero-order valence-corrected chi connectivity index (χ0v) is 18.3. The first-order chi connectivity index (χ1) is 14.7. The normalized spacial score (nSPS) is 12.5. The second kappa shape index (κ2) is 8.87. The van der Waals surface area contributed by atoms with Gasteiger partial charge in [0.1, 0.15) is 5.82 Å². The number of hydrogen-bond donors (Lipinski definition) is 3. The van der Waals surface area contributed by atoms with Crippen LogP contribution in [0.25, 0.3) is 16.8 Å². The largest absolute Gasteiger partial charge is 0.512 e. The van der Waals surface area contributed by atoms with Crippen LogP contribution in [-0.2, 0) is 16.6 Å². The fraction of sp³-hybridized carbons (Fsp3) is 0.174. The van der Waals surface area contributed by atoms with Crippen LogP contribution in [0.15, 0.2) is 71.4 Å². The lowest BCUT2D eigenvalue weighted by Gasteiger charge is -2.13. The monoisotopic (exact) mass is 441 g/mol. The zero-order chi connectivity index (χ0) is 22.8. The van der Waals surface area contributed by atoms with Crippen molar-refractivity contribution in [2.75, 3.05) is 7.05 Å². The summed E-state index contributed by atoms with van der Waals surface area (Å²) in [6, 6.07) is 13.7. The lowest BCUT2D eigenvalue weighted by Crippen LogP contribution is -2.14. The summed E-state index contributed by atoms with van der Waals surface area (Å²) < 4.78 is 42.7. The summed E-state index contributed by atoms with van der Waals surface area (Å²) in [5.41, 5.74) is 1.85. The first-order valence-corrected chi connectivity index (χ1v) is 11.0. The molecule has 0 spiro atoms. The number of halogens is 1. The van der Waals surface area contributed by atoms with Crippen molar-refractivity contribution in [3.05, 3.63) is 83.5 Å². The third-order valence-corrected chi connectivity index (χ3v) is 6.46. The number of aliphatic hydroxyl groups excluding tert-OH is 1. The summed E-state index contributed by atoms with van der Waals surface area (Å²) in [5.74, 6) is -0.603. The molecule has 0 bridgehead atoms. The van der Waals surface area contributed by atoms with Gasteiger partial charge in [-0.05, 0) is 62.4 Å². The van der Waals surface area contributed by atoms with Gasteiger partial charge in [0.25, 0.3) is 10.0 Å². The number of allylic oxidation sites excluding steroid dienone is 2. The van der Waals surface area contributed by atoms with E-state index in [1.807, 2.05) is 0 Å². The van der Waals surface area contributed by atoms with Gasteiger partial charge in [0.05, 0.1) is 16.3 Å². The molecular formula is C23H24FN3O3S. The van der Waals surface area contributed by atoms with E-state index in [2.05, 4.69) is 5.32 Å². The molecule has 1 heterocycles. The molecule has 3 aromatic rings. The van der Waals surface area contributed by atoms with Crippen LogP contribution >= 0.6 is 0 Å². The van der Waals surface area contributed by atoms with Gasteiger partial charge in [-0.25, -0.2) is 16.8 Å². The standard InChI is InChI=1S/C23H24FN3O3S/c1-15(25)23(16(2)28)18-7-6-8-19(12-18)31(29,30)27-14-17(13-26-3)11-22(27)20-9-4-5-10-21(20)24/h4-12,14,25-26,28H,13H2,1-3H3/b23-16+,25-15?. The van der Waals surface area contributed by atoms with Crippen LogP contribution in [0.3, 0.4) is 0 Å². The minimum absolute atomic E-state index is 0.0332. The van der Waals surface area contributed by atoms with Gasteiger partial charge in [-0.15, -0.1) is 0 Å². The summed E-state index contributed by atoms with van der Waals surface area (Å²) in [7, 11) is -2.35. The van der Waals surface area contributed by atoms with Crippen LogP contribution in [-0.4, -0.2) is 30.3 Å². The Bertz CT molecular complexity index is 1270. The molecule has 3 rings (SSSR count). The molecule has 0 saturated carbocycles. The highest BCUT2D eigenvalue weighted by atomic mass is 32.2. The molecule has 162 valence electrons. The highest BCUT2D eigenvalue weighted by Gasteiger charge is 2.24. The Morgan fingerprint density at radius 3 is 2.45 bits per heavy atom. The summed E-state index contributed by atoms with van der Waals surface area (Å²) in [6.45, 7) is 3.37. The van der Waals surface area contributed by atoms with Crippen molar-refractivity contribution in [3.63, 3.8) is 0 Å². The zero-order valence-electron chi connectivity index (χ0n) is 17.5. The lowest BCUT2D eigenvalue weighted by atomic mass is 10.0. The number of rotatable bonds is 7. The molecule has 1 aromatic heterocycles. The molecular weight excluding hydrogens is 417 g/mol. The predicted molar refractivity (Wildman–Crippen MR) is 120 cm³/mol. The van der Waals surface area contributed by atoms with Crippen molar-refractivity contribution >= 4 is 21.3 Å². The van der Waals surface area contributed by atoms with Gasteiger partial charge in [-0.1, -0.05) is 24.3 Å². The molecule has 0 aliphatic heterocycles. The Labute approximate surface area is 181 Å². The molecule has 2 aromatic carbocycles. The molecule has 6 nitrogen and oxygen atoms in total. The Kier molecular flexibility index (Phi) is 6.42. The first-order valence-electron chi connectivity index (χ1n) is 9.59. The van der Waals surface area contributed by atoms with Gasteiger partial charge in [0, 0.05) is 29.6 Å². The first kappa shape index (κ1) is 22.5. The van der Waals surface area contributed by atoms with Crippen LogP contribution < -0.4 is 5.32 Å². The Balaban J connectivity index is 2.22. The van der Waals surface area contributed by atoms with E-state index >= 15 is 0 Å². The number of benzene rings is 2. The molecule has 0 unspecified atom stereocenters. The highest BCUT2D eigenvalue weighted by molar-refractivity contribution is 7.90. The van der Waals surface area contributed by atoms with Crippen molar-refractivity contribution in [2.45, 2.75) is 25.3 Å². The van der Waals surface area contributed by atoms with E-state index in [1.165, 1.54) is 44.3 Å². The minimum Gasteiger partial charge on any atom is -0.512 e. The molecule has 0 atom stereocenters. The maximum Gasteiger partial charge on any atom is 0.268 e. The Morgan fingerprint density at radius 1 is 1.13 bits per heavy atom. The predicted octanol–water partition coefficient (Wildman–Crippen LogP) is 4.58. The number of hydrogen-bond acceptors (Lipinski definition) is 5. The third kappa shape index (κ3) is 4.45. The van der Waals surface area contributed by atoms with Crippen LogP contribution in [0.1, 0.15) is 25.0 Å². The summed E-state index contributed by atoms with van der Waals surface area (Å²) >= 11 is 0. The van der Waals surface area contributed by atoms with Gasteiger partial charge in [-0.2, -0.15) is 0 Å². The molecule has 0 radical (unpaired) electrons. The number of nitrogens with zero attached hydrogens (tertiary/aromatic N) is 1. The Morgan fingerprint density at radius 2 is 1.84 bits per heavy atom. The number of aromatic nitrogens is 1. The van der Waals surface area contributed by atoms with E-state index in [0.29, 0.717) is 17.7 Å². The molecule has 0 aliphatic carbocycles. The lowest BCUT2D eigenvalue weighted by molar-refractivity contribution is 0.418. The van der Waals surface area contributed by atoms with E-state index in [4.69, 9.17) is 5.41 Å². The number of aliphatic hydroxyl groups is 1. The maximum absolute atomic E-state index is 14.5. The molecule has 0 fully saturated rings. The smallest absolute Gasteiger partial charge is 0.268 e. The Hall–Kier alpha value is -3.23. The van der Waals surface area contributed by atoms with Gasteiger partial charge < -0.3 is 15.8 Å². The van der Waals surface area contributed by atoms with Crippen molar-refractivity contribution in [1.82, 2.24) is 9.29 Å². The third-order valence-electron chi connectivity index (χ3n) is 4.79. The quantitative estimate of drug-likeness (QED) is 0.369. The molecule has 0 amide bonds. The van der Waals surface area contributed by atoms with E-state index in [-0.39, 0.29) is 33.2 Å². The van der Waals surface area contributed by atoms with Crippen LogP contribution in [0.4, 0.5) is 4.39 Å². The van der Waals surface area contributed by atoms with Crippen molar-refractivity contribution in [3.8, 4) is 11.3 Å². The van der Waals surface area contributed by atoms with Gasteiger partial charge in [0.2, 0.25) is 0 Å². The molecule has 3 N–H and O–H groups in total. The van der Waals surface area contributed by atoms with Gasteiger partial charge in [-0.3, -0.25) is 0 Å². The SMILES string of the molecule is CNCc1cc(-c2ccccc2F)n(S(=O)(=O)c2cccc(/C(C(C)=N)=C(\C)O)c2)c1.